The van der Waals surface area contributed by atoms with Gasteiger partial charge in [-0.25, -0.2) is 0 Å². The van der Waals surface area contributed by atoms with Crippen LogP contribution in [0.5, 0.6) is 0 Å². The van der Waals surface area contributed by atoms with Gasteiger partial charge in [-0.3, -0.25) is 9.59 Å². The zero-order valence-corrected chi connectivity index (χ0v) is 13.9. The number of likely N-dealkylation sites (N-methyl/N-ethyl adjacent to an activating group) is 2. The van der Waals surface area contributed by atoms with Crippen LogP contribution in [0.4, 0.5) is 0 Å². The standard InChI is InChI=1S/C18H26N2O2/c1-5-19-17(21)13-20(6-2)18(22)12-9-15-7-10-16(11-8-15)14(3)4/h7-12,14H,5-6,13H2,1-4H3,(H,19,21). The van der Waals surface area contributed by atoms with Crippen molar-refractivity contribution in [3.05, 3.63) is 41.5 Å². The maximum Gasteiger partial charge on any atom is 0.247 e. The van der Waals surface area contributed by atoms with E-state index in [-0.39, 0.29) is 18.4 Å². The molecule has 1 aromatic carbocycles. The minimum absolute atomic E-state index is 0.0970. The summed E-state index contributed by atoms with van der Waals surface area (Å²) in [5.74, 6) is 0.210. The van der Waals surface area contributed by atoms with Crippen molar-refractivity contribution < 1.29 is 9.59 Å². The lowest BCUT2D eigenvalue weighted by molar-refractivity contribution is -0.132. The van der Waals surface area contributed by atoms with Crippen LogP contribution in [-0.4, -0.2) is 36.3 Å². The van der Waals surface area contributed by atoms with Gasteiger partial charge < -0.3 is 10.2 Å². The lowest BCUT2D eigenvalue weighted by atomic mass is 10.0. The summed E-state index contributed by atoms with van der Waals surface area (Å²) in [7, 11) is 0. The van der Waals surface area contributed by atoms with Crippen LogP contribution in [0, 0.1) is 0 Å². The van der Waals surface area contributed by atoms with Crippen molar-refractivity contribution >= 4 is 17.9 Å². The molecule has 0 unspecified atom stereocenters. The van der Waals surface area contributed by atoms with Gasteiger partial charge in [-0.2, -0.15) is 0 Å². The summed E-state index contributed by atoms with van der Waals surface area (Å²) in [5, 5.41) is 2.70. The maximum atomic E-state index is 12.1. The van der Waals surface area contributed by atoms with Gasteiger partial charge in [0.1, 0.15) is 0 Å². The summed E-state index contributed by atoms with van der Waals surface area (Å²) in [4.78, 5) is 25.2. The van der Waals surface area contributed by atoms with Crippen LogP contribution >= 0.6 is 0 Å². The highest BCUT2D eigenvalue weighted by Gasteiger charge is 2.12. The summed E-state index contributed by atoms with van der Waals surface area (Å²) in [6, 6.07) is 8.14. The van der Waals surface area contributed by atoms with Gasteiger partial charge in [0.05, 0.1) is 6.54 Å². The number of hydrogen-bond donors (Lipinski definition) is 1. The van der Waals surface area contributed by atoms with Gasteiger partial charge in [0.25, 0.3) is 0 Å². The molecule has 4 heteroatoms. The molecule has 4 nitrogen and oxygen atoms in total. The third kappa shape index (κ3) is 5.72. The molecule has 0 saturated carbocycles. The molecule has 0 bridgehead atoms. The fourth-order valence-electron chi connectivity index (χ4n) is 2.04. The van der Waals surface area contributed by atoms with Crippen LogP contribution < -0.4 is 5.32 Å². The van der Waals surface area contributed by atoms with Crippen LogP contribution in [0.15, 0.2) is 30.3 Å². The van der Waals surface area contributed by atoms with Crippen LogP contribution in [-0.2, 0) is 9.59 Å². The Morgan fingerprint density at radius 3 is 2.32 bits per heavy atom. The Morgan fingerprint density at radius 2 is 1.82 bits per heavy atom. The first-order valence-corrected chi connectivity index (χ1v) is 7.81. The third-order valence-electron chi connectivity index (χ3n) is 3.42. The molecule has 22 heavy (non-hydrogen) atoms. The fraction of sp³-hybridized carbons (Fsp3) is 0.444. The Balaban J connectivity index is 2.66. The average molecular weight is 302 g/mol. The van der Waals surface area contributed by atoms with Gasteiger partial charge in [-0.1, -0.05) is 38.1 Å². The molecule has 0 aromatic heterocycles. The first-order chi connectivity index (χ1) is 10.5. The molecular weight excluding hydrogens is 276 g/mol. The van der Waals surface area contributed by atoms with Crippen LogP contribution in [0.25, 0.3) is 6.08 Å². The van der Waals surface area contributed by atoms with Crippen molar-refractivity contribution in [2.45, 2.75) is 33.6 Å². The van der Waals surface area contributed by atoms with E-state index in [9.17, 15) is 9.59 Å². The summed E-state index contributed by atoms with van der Waals surface area (Å²) in [6.45, 7) is 9.19. The normalized spacial score (nSPS) is 11.0. The molecule has 1 rings (SSSR count). The predicted octanol–water partition coefficient (Wildman–Crippen LogP) is 2.81. The lowest BCUT2D eigenvalue weighted by Gasteiger charge is -2.18. The van der Waals surface area contributed by atoms with Gasteiger partial charge in [0, 0.05) is 19.2 Å². The van der Waals surface area contributed by atoms with Gasteiger partial charge in [0.2, 0.25) is 11.8 Å². The highest BCUT2D eigenvalue weighted by atomic mass is 16.2. The van der Waals surface area contributed by atoms with Crippen molar-refractivity contribution in [2.75, 3.05) is 19.6 Å². The summed E-state index contributed by atoms with van der Waals surface area (Å²) >= 11 is 0. The van der Waals surface area contributed by atoms with Crippen molar-refractivity contribution in [3.8, 4) is 0 Å². The molecule has 0 aliphatic heterocycles. The second kappa shape index (κ2) is 9.03. The first kappa shape index (κ1) is 18.0. The Morgan fingerprint density at radius 1 is 1.18 bits per heavy atom. The van der Waals surface area contributed by atoms with Crippen molar-refractivity contribution in [1.82, 2.24) is 10.2 Å². The predicted molar refractivity (Wildman–Crippen MR) is 90.5 cm³/mol. The number of benzene rings is 1. The third-order valence-corrected chi connectivity index (χ3v) is 3.42. The molecular formula is C18H26N2O2. The number of carbonyl (C=O) groups excluding carboxylic acids is 2. The molecule has 1 N–H and O–H groups in total. The second-order valence-corrected chi connectivity index (χ2v) is 5.46. The zero-order chi connectivity index (χ0) is 16.5. The molecule has 0 aliphatic carbocycles. The second-order valence-electron chi connectivity index (χ2n) is 5.46. The quantitative estimate of drug-likeness (QED) is 0.787. The highest BCUT2D eigenvalue weighted by Crippen LogP contribution is 2.15. The molecule has 1 aromatic rings. The van der Waals surface area contributed by atoms with E-state index in [0.717, 1.165) is 5.56 Å². The molecule has 0 spiro atoms. The van der Waals surface area contributed by atoms with E-state index in [4.69, 9.17) is 0 Å². The van der Waals surface area contributed by atoms with E-state index < -0.39 is 0 Å². The number of nitrogens with zero attached hydrogens (tertiary/aromatic N) is 1. The van der Waals surface area contributed by atoms with E-state index >= 15 is 0 Å². The van der Waals surface area contributed by atoms with E-state index in [1.54, 1.807) is 6.08 Å². The molecule has 120 valence electrons. The highest BCUT2D eigenvalue weighted by molar-refractivity contribution is 5.94. The number of amides is 2. The Labute approximate surface area is 133 Å². The summed E-state index contributed by atoms with van der Waals surface area (Å²) in [5.41, 5.74) is 2.25. The summed E-state index contributed by atoms with van der Waals surface area (Å²) in [6.07, 6.45) is 3.31. The molecule has 0 atom stereocenters. The van der Waals surface area contributed by atoms with E-state index in [1.807, 2.05) is 26.0 Å². The van der Waals surface area contributed by atoms with Gasteiger partial charge in [-0.05, 0) is 37.0 Å². The van der Waals surface area contributed by atoms with Crippen molar-refractivity contribution in [3.63, 3.8) is 0 Å². The smallest absolute Gasteiger partial charge is 0.247 e. The monoisotopic (exact) mass is 302 g/mol. The largest absolute Gasteiger partial charge is 0.355 e. The number of hydrogen-bond acceptors (Lipinski definition) is 2. The number of carbonyl (C=O) groups is 2. The SMILES string of the molecule is CCNC(=O)CN(CC)C(=O)C=Cc1ccc(C(C)C)cc1. The molecule has 0 radical (unpaired) electrons. The number of nitrogens with one attached hydrogen (secondary N) is 1. The molecule has 0 aliphatic rings. The Bertz CT molecular complexity index is 518. The average Bonchev–Trinajstić information content (AvgIpc) is 2.50. The van der Waals surface area contributed by atoms with E-state index in [1.165, 1.54) is 16.5 Å². The fourth-order valence-corrected chi connectivity index (χ4v) is 2.04. The van der Waals surface area contributed by atoms with Crippen LogP contribution in [0.1, 0.15) is 44.7 Å². The minimum Gasteiger partial charge on any atom is -0.355 e. The van der Waals surface area contributed by atoms with Gasteiger partial charge in [0.15, 0.2) is 0 Å². The van der Waals surface area contributed by atoms with Crippen molar-refractivity contribution in [2.24, 2.45) is 0 Å². The maximum absolute atomic E-state index is 12.1. The van der Waals surface area contributed by atoms with Gasteiger partial charge >= 0.3 is 0 Å². The van der Waals surface area contributed by atoms with Gasteiger partial charge in [-0.15, -0.1) is 0 Å². The molecule has 0 heterocycles. The number of rotatable bonds is 7. The minimum atomic E-state index is -0.151. The van der Waals surface area contributed by atoms with E-state index in [0.29, 0.717) is 19.0 Å². The van der Waals surface area contributed by atoms with E-state index in [2.05, 4.69) is 31.3 Å². The first-order valence-electron chi connectivity index (χ1n) is 7.81. The molecule has 2 amide bonds. The Hall–Kier alpha value is -2.10. The van der Waals surface area contributed by atoms with Crippen LogP contribution in [0.3, 0.4) is 0 Å². The molecule has 0 fully saturated rings. The van der Waals surface area contributed by atoms with Crippen molar-refractivity contribution in [1.29, 1.82) is 0 Å². The molecule has 0 saturated heterocycles. The Kier molecular flexibility index (Phi) is 7.37. The topological polar surface area (TPSA) is 49.4 Å². The van der Waals surface area contributed by atoms with Crippen LogP contribution in [0.2, 0.25) is 0 Å². The lowest BCUT2D eigenvalue weighted by Crippen LogP contribution is -2.39. The zero-order valence-electron chi connectivity index (χ0n) is 13.9. The summed E-state index contributed by atoms with van der Waals surface area (Å²) < 4.78 is 0.